The minimum Gasteiger partial charge on any atom is -0.375 e. The van der Waals surface area contributed by atoms with E-state index in [0.717, 1.165) is 44.3 Å². The van der Waals surface area contributed by atoms with Gasteiger partial charge in [0.25, 0.3) is 5.91 Å². The second kappa shape index (κ2) is 9.40. The van der Waals surface area contributed by atoms with Crippen LogP contribution >= 0.6 is 0 Å². The number of hydrogen-bond donors (Lipinski definition) is 2. The lowest BCUT2D eigenvalue weighted by Gasteiger charge is -2.38. The van der Waals surface area contributed by atoms with Crippen molar-refractivity contribution in [1.82, 2.24) is 10.2 Å². The number of rotatable bonds is 8. The molecule has 0 spiro atoms. The summed E-state index contributed by atoms with van der Waals surface area (Å²) in [5.41, 5.74) is 0.289. The zero-order chi connectivity index (χ0) is 22.8. The van der Waals surface area contributed by atoms with E-state index in [0.29, 0.717) is 30.4 Å². The molecule has 2 saturated carbocycles. The zero-order valence-corrected chi connectivity index (χ0v) is 19.2. The van der Waals surface area contributed by atoms with Gasteiger partial charge in [-0.15, -0.1) is 0 Å². The van der Waals surface area contributed by atoms with E-state index in [1.807, 2.05) is 60.7 Å². The zero-order valence-electron chi connectivity index (χ0n) is 19.2. The smallest absolute Gasteiger partial charge is 0.257 e. The number of aliphatic hydroxyl groups is 1. The molecule has 2 aromatic rings. The third kappa shape index (κ3) is 4.62. The largest absolute Gasteiger partial charge is 0.375 e. The Hall–Kier alpha value is -2.50. The van der Waals surface area contributed by atoms with Gasteiger partial charge in [0, 0.05) is 31.5 Å². The highest BCUT2D eigenvalue weighted by Gasteiger charge is 2.58. The summed E-state index contributed by atoms with van der Waals surface area (Å²) in [6.45, 7) is 2.14. The van der Waals surface area contributed by atoms with E-state index in [-0.39, 0.29) is 23.7 Å². The summed E-state index contributed by atoms with van der Waals surface area (Å²) in [6.07, 6.45) is 5.54. The van der Waals surface area contributed by atoms with E-state index in [1.165, 1.54) is 6.42 Å². The molecule has 3 fully saturated rings. The van der Waals surface area contributed by atoms with Gasteiger partial charge in [0.2, 0.25) is 0 Å². The van der Waals surface area contributed by atoms with Crippen LogP contribution in [-0.2, 0) is 21.6 Å². The molecule has 1 saturated heterocycles. The van der Waals surface area contributed by atoms with Gasteiger partial charge in [-0.3, -0.25) is 14.5 Å². The average Bonchev–Trinajstić information content (AvgIpc) is 3.28. The van der Waals surface area contributed by atoms with Gasteiger partial charge >= 0.3 is 0 Å². The molecule has 5 heteroatoms. The van der Waals surface area contributed by atoms with Crippen molar-refractivity contribution in [1.29, 1.82) is 0 Å². The molecule has 5 rings (SSSR count). The minimum atomic E-state index is -1.47. The van der Waals surface area contributed by atoms with Crippen molar-refractivity contribution in [2.75, 3.05) is 19.6 Å². The quantitative estimate of drug-likeness (QED) is 0.653. The molecule has 5 nitrogen and oxygen atoms in total. The predicted octanol–water partition coefficient (Wildman–Crippen LogP) is 3.31. The van der Waals surface area contributed by atoms with Crippen LogP contribution in [0.4, 0.5) is 0 Å². The Morgan fingerprint density at radius 1 is 0.909 bits per heavy atom. The monoisotopic (exact) mass is 446 g/mol. The molecule has 0 radical (unpaired) electrons. The maximum absolute atomic E-state index is 13.5. The Bertz CT molecular complexity index is 961. The molecular weight excluding hydrogens is 412 g/mol. The van der Waals surface area contributed by atoms with Crippen LogP contribution in [0.25, 0.3) is 0 Å². The van der Waals surface area contributed by atoms with Crippen molar-refractivity contribution in [2.45, 2.75) is 50.2 Å². The molecule has 1 amide bonds. The number of fused-ring (bicyclic) bond motifs is 1. The van der Waals surface area contributed by atoms with Crippen LogP contribution in [0.5, 0.6) is 0 Å². The molecule has 2 aliphatic carbocycles. The minimum absolute atomic E-state index is 0.0423. The number of carbonyl (C=O) groups is 2. The third-order valence-electron chi connectivity index (χ3n) is 7.97. The van der Waals surface area contributed by atoms with Crippen LogP contribution in [0.15, 0.2) is 60.7 Å². The standard InChI is InChI=1S/C28H34N2O3/c31-23(16-20-10-4-1-5-11-20)17-30-18-24-25(19-30)26(24)29-27(32)28(33,21-12-6-2-7-13-21)22-14-8-3-9-15-22/h1-2,4-7,10-13,22,24-26,33H,3,8-9,14-19H2,(H,29,32). The highest BCUT2D eigenvalue weighted by Crippen LogP contribution is 2.47. The molecular formula is C28H34N2O3. The molecule has 1 heterocycles. The van der Waals surface area contributed by atoms with Crippen molar-refractivity contribution in [3.8, 4) is 0 Å². The van der Waals surface area contributed by atoms with Crippen molar-refractivity contribution < 1.29 is 14.7 Å². The summed E-state index contributed by atoms with van der Waals surface area (Å²) in [4.78, 5) is 28.2. The lowest BCUT2D eigenvalue weighted by molar-refractivity contribution is -0.149. The molecule has 0 aromatic heterocycles. The number of hydrogen-bond acceptors (Lipinski definition) is 4. The van der Waals surface area contributed by atoms with E-state index >= 15 is 0 Å². The van der Waals surface area contributed by atoms with Crippen LogP contribution < -0.4 is 5.32 Å². The van der Waals surface area contributed by atoms with Crippen LogP contribution in [0.1, 0.15) is 43.2 Å². The molecule has 0 bridgehead atoms. The lowest BCUT2D eigenvalue weighted by Crippen LogP contribution is -2.52. The Morgan fingerprint density at radius 2 is 1.52 bits per heavy atom. The van der Waals surface area contributed by atoms with Gasteiger partial charge < -0.3 is 10.4 Å². The molecule has 3 unspecified atom stereocenters. The van der Waals surface area contributed by atoms with Crippen LogP contribution in [0.2, 0.25) is 0 Å². The summed E-state index contributed by atoms with van der Waals surface area (Å²) < 4.78 is 0. The molecule has 3 aliphatic rings. The Labute approximate surface area is 196 Å². The first-order valence-electron chi connectivity index (χ1n) is 12.4. The lowest BCUT2D eigenvalue weighted by atomic mass is 9.73. The van der Waals surface area contributed by atoms with Gasteiger partial charge in [0.1, 0.15) is 0 Å². The summed E-state index contributed by atoms with van der Waals surface area (Å²) >= 11 is 0. The fraction of sp³-hybridized carbons (Fsp3) is 0.500. The van der Waals surface area contributed by atoms with Gasteiger partial charge in [0.05, 0.1) is 6.54 Å². The fourth-order valence-corrected chi connectivity index (χ4v) is 6.11. The van der Waals surface area contributed by atoms with Crippen molar-refractivity contribution in [2.24, 2.45) is 17.8 Å². The first-order valence-corrected chi connectivity index (χ1v) is 12.4. The molecule has 174 valence electrons. The van der Waals surface area contributed by atoms with Crippen molar-refractivity contribution in [3.05, 3.63) is 71.8 Å². The van der Waals surface area contributed by atoms with Gasteiger partial charge in [-0.05, 0) is 35.8 Å². The van der Waals surface area contributed by atoms with Gasteiger partial charge in [-0.1, -0.05) is 79.9 Å². The van der Waals surface area contributed by atoms with E-state index in [2.05, 4.69) is 10.2 Å². The van der Waals surface area contributed by atoms with Crippen LogP contribution in [-0.4, -0.2) is 47.4 Å². The second-order valence-electron chi connectivity index (χ2n) is 10.2. The van der Waals surface area contributed by atoms with E-state index < -0.39 is 5.60 Å². The van der Waals surface area contributed by atoms with Crippen molar-refractivity contribution >= 4 is 11.7 Å². The maximum Gasteiger partial charge on any atom is 0.257 e. The van der Waals surface area contributed by atoms with Crippen LogP contribution in [0, 0.1) is 17.8 Å². The SMILES string of the molecule is O=C(Cc1ccccc1)CN1CC2C(C1)C2NC(=O)C(O)(c1ccccc1)C1CCCCC1. The topological polar surface area (TPSA) is 69.6 Å². The first-order chi connectivity index (χ1) is 16.1. The number of nitrogens with zero attached hydrogens (tertiary/aromatic N) is 1. The summed E-state index contributed by atoms with van der Waals surface area (Å²) in [5, 5.41) is 15.0. The molecule has 1 aliphatic heterocycles. The number of likely N-dealkylation sites (tertiary alicyclic amines) is 1. The normalized spacial score (nSPS) is 26.9. The Kier molecular flexibility index (Phi) is 6.35. The molecule has 2 aromatic carbocycles. The number of nitrogens with one attached hydrogen (secondary N) is 1. The number of carbonyl (C=O) groups excluding carboxylic acids is 2. The summed E-state index contributed by atoms with van der Waals surface area (Å²) in [6, 6.07) is 19.4. The fourth-order valence-electron chi connectivity index (χ4n) is 6.11. The van der Waals surface area contributed by atoms with Crippen LogP contribution in [0.3, 0.4) is 0 Å². The molecule has 33 heavy (non-hydrogen) atoms. The Morgan fingerprint density at radius 3 is 2.15 bits per heavy atom. The Balaban J connectivity index is 1.18. The number of amides is 1. The predicted molar refractivity (Wildman–Crippen MR) is 127 cm³/mol. The first kappa shape index (κ1) is 22.3. The van der Waals surface area contributed by atoms with E-state index in [9.17, 15) is 14.7 Å². The summed E-state index contributed by atoms with van der Waals surface area (Å²) in [5.74, 6) is 0.708. The number of benzene rings is 2. The van der Waals surface area contributed by atoms with Crippen molar-refractivity contribution in [3.63, 3.8) is 0 Å². The highest BCUT2D eigenvalue weighted by atomic mass is 16.3. The van der Waals surface area contributed by atoms with Gasteiger partial charge in [-0.2, -0.15) is 0 Å². The number of Topliss-reactive ketones (excluding diaryl/α,β-unsaturated/α-hetero) is 1. The third-order valence-corrected chi connectivity index (χ3v) is 7.97. The maximum atomic E-state index is 13.5. The summed E-state index contributed by atoms with van der Waals surface area (Å²) in [7, 11) is 0. The second-order valence-corrected chi connectivity index (χ2v) is 10.2. The van der Waals surface area contributed by atoms with E-state index in [1.54, 1.807) is 0 Å². The average molecular weight is 447 g/mol. The number of ketones is 1. The van der Waals surface area contributed by atoms with Gasteiger partial charge in [-0.25, -0.2) is 0 Å². The van der Waals surface area contributed by atoms with Gasteiger partial charge in [0.15, 0.2) is 11.4 Å². The highest BCUT2D eigenvalue weighted by molar-refractivity contribution is 5.87. The molecule has 3 atom stereocenters. The van der Waals surface area contributed by atoms with E-state index in [4.69, 9.17) is 0 Å². The molecule has 2 N–H and O–H groups in total. The number of piperidine rings is 1.